The van der Waals surface area contributed by atoms with Crippen LogP contribution in [0.4, 0.5) is 17.2 Å². The van der Waals surface area contributed by atoms with Crippen molar-refractivity contribution in [1.29, 1.82) is 0 Å². The summed E-state index contributed by atoms with van der Waals surface area (Å²) >= 11 is 5.95. The monoisotopic (exact) mass is 511 g/mol. The fourth-order valence-corrected chi connectivity index (χ4v) is 4.77. The minimum Gasteiger partial charge on any atom is -0.386 e. The number of amides is 1. The summed E-state index contributed by atoms with van der Waals surface area (Å²) in [4.78, 5) is 33.4. The van der Waals surface area contributed by atoms with E-state index in [1.807, 2.05) is 6.07 Å². The average Bonchev–Trinajstić information content (AvgIpc) is 3.55. The van der Waals surface area contributed by atoms with Crippen LogP contribution in [0.1, 0.15) is 62.4 Å². The maximum Gasteiger partial charge on any atom is 0.276 e. The summed E-state index contributed by atoms with van der Waals surface area (Å²) in [5.74, 6) is 0.524. The minimum atomic E-state index is -0.897. The topological polar surface area (TPSA) is 134 Å². The van der Waals surface area contributed by atoms with E-state index >= 15 is 0 Å². The second-order valence-electron chi connectivity index (χ2n) is 9.77. The van der Waals surface area contributed by atoms with Crippen LogP contribution >= 0.6 is 11.6 Å². The molecule has 0 saturated heterocycles. The van der Waals surface area contributed by atoms with E-state index in [0.29, 0.717) is 41.2 Å². The number of pyridine rings is 1. The van der Waals surface area contributed by atoms with Crippen LogP contribution < -0.4 is 16.0 Å². The number of anilines is 3. The molecule has 2 saturated carbocycles. The number of ketones is 1. The number of aromatic nitrogens is 4. The van der Waals surface area contributed by atoms with Gasteiger partial charge in [-0.05, 0) is 63.5 Å². The highest BCUT2D eigenvalue weighted by Crippen LogP contribution is 2.32. The van der Waals surface area contributed by atoms with Crippen molar-refractivity contribution >= 4 is 46.1 Å². The van der Waals surface area contributed by atoms with Crippen molar-refractivity contribution in [3.63, 3.8) is 0 Å². The van der Waals surface area contributed by atoms with Crippen LogP contribution in [-0.2, 0) is 4.79 Å². The van der Waals surface area contributed by atoms with Crippen LogP contribution in [0.25, 0.3) is 5.65 Å². The maximum absolute atomic E-state index is 13.1. The van der Waals surface area contributed by atoms with Gasteiger partial charge in [-0.1, -0.05) is 11.6 Å². The Morgan fingerprint density at radius 3 is 2.53 bits per heavy atom. The first-order valence-electron chi connectivity index (χ1n) is 12.4. The Bertz CT molecular complexity index is 1270. The van der Waals surface area contributed by atoms with E-state index in [2.05, 4.69) is 25.9 Å². The molecule has 0 radical (unpaired) electrons. The van der Waals surface area contributed by atoms with Crippen LogP contribution in [0.15, 0.2) is 30.6 Å². The number of halogens is 1. The van der Waals surface area contributed by atoms with Gasteiger partial charge >= 0.3 is 0 Å². The molecule has 2 fully saturated rings. The van der Waals surface area contributed by atoms with Gasteiger partial charge in [0.05, 0.1) is 11.9 Å². The number of aliphatic hydroxyl groups is 1. The predicted molar refractivity (Wildman–Crippen MR) is 138 cm³/mol. The maximum atomic E-state index is 13.1. The Morgan fingerprint density at radius 1 is 1.11 bits per heavy atom. The van der Waals surface area contributed by atoms with Gasteiger partial charge in [-0.3, -0.25) is 9.59 Å². The molecule has 0 aliphatic heterocycles. The van der Waals surface area contributed by atoms with Crippen molar-refractivity contribution < 1.29 is 14.7 Å². The lowest BCUT2D eigenvalue weighted by molar-refractivity contribution is -0.127. The molecular formula is C25H30ClN7O3. The van der Waals surface area contributed by atoms with E-state index in [1.165, 1.54) is 19.3 Å². The predicted octanol–water partition coefficient (Wildman–Crippen LogP) is 3.92. The quantitative estimate of drug-likeness (QED) is 0.318. The summed E-state index contributed by atoms with van der Waals surface area (Å²) in [6, 6.07) is 5.81. The van der Waals surface area contributed by atoms with Crippen molar-refractivity contribution in [1.82, 2.24) is 19.6 Å². The van der Waals surface area contributed by atoms with Gasteiger partial charge in [0.15, 0.2) is 17.1 Å². The Kier molecular flexibility index (Phi) is 7.06. The Labute approximate surface area is 213 Å². The summed E-state index contributed by atoms with van der Waals surface area (Å²) in [6.45, 7) is 1.53. The molecule has 0 aromatic carbocycles. The van der Waals surface area contributed by atoms with Gasteiger partial charge in [-0.25, -0.2) is 14.5 Å². The summed E-state index contributed by atoms with van der Waals surface area (Å²) < 4.78 is 1.57. The van der Waals surface area contributed by atoms with Gasteiger partial charge < -0.3 is 21.1 Å². The lowest BCUT2D eigenvalue weighted by Gasteiger charge is -2.29. The van der Waals surface area contributed by atoms with Gasteiger partial charge in [0, 0.05) is 36.5 Å². The highest BCUT2D eigenvalue weighted by Gasteiger charge is 2.27. The molecule has 3 aromatic rings. The highest BCUT2D eigenvalue weighted by molar-refractivity contribution is 6.29. The third kappa shape index (κ3) is 5.76. The Morgan fingerprint density at radius 2 is 1.83 bits per heavy atom. The molecule has 10 nitrogen and oxygen atoms in total. The molecular weight excluding hydrogens is 482 g/mol. The van der Waals surface area contributed by atoms with Crippen LogP contribution in [0.5, 0.6) is 0 Å². The first-order chi connectivity index (χ1) is 17.4. The fraction of sp³-hybridized carbons (Fsp3) is 0.480. The number of aliphatic hydroxyl groups excluding tert-OH is 1. The number of hydrogen-bond donors (Lipinski definition) is 4. The molecule has 36 heavy (non-hydrogen) atoms. The molecule has 5 rings (SSSR count). The number of fused-ring (bicyclic) bond motifs is 1. The van der Waals surface area contributed by atoms with E-state index in [1.54, 1.807) is 16.6 Å². The number of hydrogen-bond acceptors (Lipinski definition) is 8. The normalized spacial score (nSPS) is 20.6. The molecule has 2 aliphatic carbocycles. The number of rotatable bonds is 9. The molecule has 2 aliphatic rings. The molecule has 3 heterocycles. The number of carbonyl (C=O) groups is 2. The van der Waals surface area contributed by atoms with Crippen LogP contribution in [0.2, 0.25) is 5.15 Å². The molecule has 11 heteroatoms. The second-order valence-corrected chi connectivity index (χ2v) is 10.2. The van der Waals surface area contributed by atoms with Crippen LogP contribution in [-0.4, -0.2) is 54.6 Å². The molecule has 4 N–H and O–H groups in total. The van der Waals surface area contributed by atoms with Crippen molar-refractivity contribution in [2.75, 3.05) is 16.0 Å². The molecule has 0 bridgehead atoms. The summed E-state index contributed by atoms with van der Waals surface area (Å²) in [6.07, 6.45) is 8.42. The molecule has 0 unspecified atom stereocenters. The molecule has 0 spiro atoms. The fourth-order valence-electron chi connectivity index (χ4n) is 4.60. The zero-order valence-electron chi connectivity index (χ0n) is 20.1. The molecule has 1 amide bonds. The zero-order chi connectivity index (χ0) is 25.2. The van der Waals surface area contributed by atoms with Gasteiger partial charge in [0.25, 0.3) is 5.91 Å². The van der Waals surface area contributed by atoms with Crippen LogP contribution in [0.3, 0.4) is 0 Å². The summed E-state index contributed by atoms with van der Waals surface area (Å²) in [7, 11) is 0. The van der Waals surface area contributed by atoms with Gasteiger partial charge in [-0.2, -0.15) is 0 Å². The number of nitrogens with one attached hydrogen (secondary N) is 3. The third-order valence-corrected chi connectivity index (χ3v) is 6.98. The van der Waals surface area contributed by atoms with Gasteiger partial charge in [-0.15, -0.1) is 5.10 Å². The molecule has 1 atom stereocenters. The SMILES string of the molecule is C[C@@H](O)C(=O)CC1CCC(Nc2cc(NC3CC3)c3ncc(C(=O)Nc4ccnc(Cl)c4)n3n2)CC1. The largest absolute Gasteiger partial charge is 0.386 e. The Balaban J connectivity index is 1.33. The number of nitrogens with zero attached hydrogens (tertiary/aromatic N) is 4. The first kappa shape index (κ1) is 24.5. The van der Waals surface area contributed by atoms with E-state index in [4.69, 9.17) is 16.7 Å². The van der Waals surface area contributed by atoms with Gasteiger partial charge in [0.2, 0.25) is 0 Å². The van der Waals surface area contributed by atoms with Crippen molar-refractivity contribution in [3.8, 4) is 0 Å². The van der Waals surface area contributed by atoms with Gasteiger partial charge in [0.1, 0.15) is 17.1 Å². The zero-order valence-corrected chi connectivity index (χ0v) is 20.8. The first-order valence-corrected chi connectivity index (χ1v) is 12.8. The number of Topliss-reactive ketones (excluding diaryl/α,β-unsaturated/α-hetero) is 1. The van der Waals surface area contributed by atoms with E-state index in [-0.39, 0.29) is 22.9 Å². The second kappa shape index (κ2) is 10.4. The smallest absolute Gasteiger partial charge is 0.276 e. The lowest BCUT2D eigenvalue weighted by atomic mass is 9.82. The number of carbonyl (C=O) groups excluding carboxylic acids is 2. The standard InChI is InChI=1S/C25H30ClN7O3/c1-14(34)21(35)10-15-2-4-17(5-3-15)30-23-12-19(29-16-6-7-16)24-28-13-20(33(24)32-23)25(36)31-18-8-9-27-22(26)11-18/h8-9,11-17,29,34H,2-7,10H2,1H3,(H,30,32)(H,27,31,36)/t14-,15?,17?/m1/s1. The highest BCUT2D eigenvalue weighted by atomic mass is 35.5. The third-order valence-electron chi connectivity index (χ3n) is 6.78. The molecule has 3 aromatic heterocycles. The van der Waals surface area contributed by atoms with E-state index < -0.39 is 6.10 Å². The number of imidazole rings is 1. The van der Waals surface area contributed by atoms with Crippen molar-refractivity contribution in [2.24, 2.45) is 5.92 Å². The van der Waals surface area contributed by atoms with E-state index in [9.17, 15) is 14.7 Å². The Hall–Kier alpha value is -3.24. The summed E-state index contributed by atoms with van der Waals surface area (Å²) in [5.41, 5.74) is 2.26. The average molecular weight is 512 g/mol. The van der Waals surface area contributed by atoms with E-state index in [0.717, 1.165) is 44.2 Å². The lowest BCUT2D eigenvalue weighted by Crippen LogP contribution is -2.29. The minimum absolute atomic E-state index is 0.0886. The summed E-state index contributed by atoms with van der Waals surface area (Å²) in [5, 5.41) is 24.3. The van der Waals surface area contributed by atoms with Crippen molar-refractivity contribution in [2.45, 2.75) is 70.1 Å². The van der Waals surface area contributed by atoms with Crippen LogP contribution in [0, 0.1) is 5.92 Å². The van der Waals surface area contributed by atoms with Crippen molar-refractivity contribution in [3.05, 3.63) is 41.4 Å². The molecule has 190 valence electrons.